The summed E-state index contributed by atoms with van der Waals surface area (Å²) in [7, 11) is 1.68. The number of methoxy groups -OCH3 is 1. The molecule has 3 aliphatic rings. The van der Waals surface area contributed by atoms with Crippen LogP contribution in [0.1, 0.15) is 55.6 Å². The van der Waals surface area contributed by atoms with Crippen LogP contribution in [0.15, 0.2) is 48.5 Å². The molecule has 1 N–H and O–H groups in total. The predicted molar refractivity (Wildman–Crippen MR) is 134 cm³/mol. The van der Waals surface area contributed by atoms with Crippen molar-refractivity contribution in [1.82, 2.24) is 4.90 Å². The number of alkyl halides is 3. The Balaban J connectivity index is 1.03. The maximum absolute atomic E-state index is 12.9. The summed E-state index contributed by atoms with van der Waals surface area (Å²) >= 11 is 0. The number of anilines is 1. The molecule has 0 radical (unpaired) electrons. The van der Waals surface area contributed by atoms with Crippen LogP contribution in [0.5, 0.6) is 5.75 Å². The van der Waals surface area contributed by atoms with Gasteiger partial charge in [-0.25, -0.2) is 0 Å². The molecule has 3 atom stereocenters. The second-order valence-electron chi connectivity index (χ2n) is 10.7. The average Bonchev–Trinajstić information content (AvgIpc) is 3.40. The summed E-state index contributed by atoms with van der Waals surface area (Å²) in [5, 5.41) is 2.48. The number of ketones is 1. The number of carbonyl (C=O) groups is 2. The molecule has 0 bridgehead atoms. The van der Waals surface area contributed by atoms with E-state index in [1.54, 1.807) is 7.11 Å². The number of halogens is 3. The third-order valence-corrected chi connectivity index (χ3v) is 8.47. The fraction of sp³-hybridized carbons (Fsp3) is 0.517. The molecule has 3 fully saturated rings. The smallest absolute Gasteiger partial charge is 0.416 e. The standard InChI is InChI=1S/C29H33F3N2O3/c1-37-23-11-7-19(8-12-23)18-5-9-22(10-6-18)34-16-24-25(17-34)28(24)26(35)13-14-27(36)33-21-4-2-3-20(15-21)29(30,31)32/h2-4,7-8,11-12,15,18,22,24-25,28H,5-6,9-10,13-14,16-17H2,1H3,(H,33,36)/t18?,22?,24-,25+,28?. The number of carbonyl (C=O) groups excluding carboxylic acids is 2. The van der Waals surface area contributed by atoms with Crippen molar-refractivity contribution in [3.05, 3.63) is 59.7 Å². The number of nitrogens with one attached hydrogen (secondary N) is 1. The number of amides is 1. The lowest BCUT2D eigenvalue weighted by Gasteiger charge is -2.36. The van der Waals surface area contributed by atoms with Gasteiger partial charge in [0.2, 0.25) is 5.91 Å². The summed E-state index contributed by atoms with van der Waals surface area (Å²) in [5.41, 5.74) is 0.658. The van der Waals surface area contributed by atoms with Gasteiger partial charge in [-0.15, -0.1) is 0 Å². The van der Waals surface area contributed by atoms with E-state index in [1.807, 2.05) is 12.1 Å². The van der Waals surface area contributed by atoms with Crippen LogP contribution in [-0.4, -0.2) is 42.8 Å². The zero-order chi connectivity index (χ0) is 26.2. The zero-order valence-corrected chi connectivity index (χ0v) is 21.0. The molecule has 1 amide bonds. The molecule has 2 aromatic carbocycles. The summed E-state index contributed by atoms with van der Waals surface area (Å²) in [6, 6.07) is 13.5. The van der Waals surface area contributed by atoms with Gasteiger partial charge in [0.05, 0.1) is 12.7 Å². The van der Waals surface area contributed by atoms with E-state index in [2.05, 4.69) is 22.3 Å². The average molecular weight is 515 g/mol. The first-order chi connectivity index (χ1) is 17.7. The molecule has 5 rings (SSSR count). The van der Waals surface area contributed by atoms with Gasteiger partial charge in [0.1, 0.15) is 11.5 Å². The fourth-order valence-electron chi connectivity index (χ4n) is 6.39. The molecule has 8 heteroatoms. The summed E-state index contributed by atoms with van der Waals surface area (Å²) in [6.45, 7) is 1.91. The lowest BCUT2D eigenvalue weighted by Crippen LogP contribution is -2.38. The van der Waals surface area contributed by atoms with Crippen LogP contribution in [-0.2, 0) is 15.8 Å². The molecular weight excluding hydrogens is 481 g/mol. The Hall–Kier alpha value is -2.87. The second kappa shape index (κ2) is 10.5. The van der Waals surface area contributed by atoms with Gasteiger partial charge in [0, 0.05) is 43.6 Å². The molecular formula is C29H33F3N2O3. The Morgan fingerprint density at radius 3 is 2.27 bits per heavy atom. The Morgan fingerprint density at radius 2 is 1.65 bits per heavy atom. The molecule has 5 nitrogen and oxygen atoms in total. The third-order valence-electron chi connectivity index (χ3n) is 8.47. The Bertz CT molecular complexity index is 1110. The molecule has 2 saturated carbocycles. The minimum Gasteiger partial charge on any atom is -0.497 e. The number of hydrogen-bond acceptors (Lipinski definition) is 4. The normalized spacial score (nSPS) is 27.4. The summed E-state index contributed by atoms with van der Waals surface area (Å²) in [6.07, 6.45) is 0.344. The lowest BCUT2D eigenvalue weighted by atomic mass is 9.81. The Labute approximate surface area is 215 Å². The SMILES string of the molecule is COc1ccc(C2CCC(N3C[C@@H]4C(C(=O)CCC(=O)Nc5cccc(C(F)(F)F)c5)[C@@H]4C3)CC2)cc1. The molecule has 1 saturated heterocycles. The number of likely N-dealkylation sites (tertiary alicyclic amines) is 1. The van der Waals surface area contributed by atoms with Gasteiger partial charge in [-0.2, -0.15) is 13.2 Å². The molecule has 1 aliphatic heterocycles. The highest BCUT2D eigenvalue weighted by Crippen LogP contribution is 2.54. The summed E-state index contributed by atoms with van der Waals surface area (Å²) in [4.78, 5) is 27.5. The molecule has 0 spiro atoms. The zero-order valence-electron chi connectivity index (χ0n) is 21.0. The number of nitrogens with zero attached hydrogens (tertiary/aromatic N) is 1. The first-order valence-electron chi connectivity index (χ1n) is 13.1. The minimum absolute atomic E-state index is 0.00981. The van der Waals surface area contributed by atoms with Gasteiger partial charge in [-0.3, -0.25) is 14.5 Å². The van der Waals surface area contributed by atoms with E-state index >= 15 is 0 Å². The van der Waals surface area contributed by atoms with Crippen molar-refractivity contribution in [1.29, 1.82) is 0 Å². The highest BCUT2D eigenvalue weighted by Gasteiger charge is 2.59. The largest absolute Gasteiger partial charge is 0.497 e. The van der Waals surface area contributed by atoms with Crippen LogP contribution >= 0.6 is 0 Å². The van der Waals surface area contributed by atoms with Crippen LogP contribution in [0.3, 0.4) is 0 Å². The van der Waals surface area contributed by atoms with Crippen molar-refractivity contribution in [2.24, 2.45) is 17.8 Å². The van der Waals surface area contributed by atoms with Crippen molar-refractivity contribution in [2.45, 2.75) is 56.7 Å². The van der Waals surface area contributed by atoms with E-state index in [1.165, 1.54) is 43.4 Å². The monoisotopic (exact) mass is 514 g/mol. The van der Waals surface area contributed by atoms with Gasteiger partial charge in [0.15, 0.2) is 0 Å². The number of hydrogen-bond donors (Lipinski definition) is 1. The molecule has 2 aromatic rings. The van der Waals surface area contributed by atoms with Crippen molar-refractivity contribution >= 4 is 17.4 Å². The van der Waals surface area contributed by atoms with Crippen molar-refractivity contribution < 1.29 is 27.5 Å². The van der Waals surface area contributed by atoms with E-state index in [0.29, 0.717) is 23.8 Å². The van der Waals surface area contributed by atoms with Crippen LogP contribution in [0.25, 0.3) is 0 Å². The predicted octanol–water partition coefficient (Wildman–Crippen LogP) is 5.91. The maximum Gasteiger partial charge on any atom is 0.416 e. The van der Waals surface area contributed by atoms with E-state index in [9.17, 15) is 22.8 Å². The van der Waals surface area contributed by atoms with E-state index in [0.717, 1.165) is 31.0 Å². The number of fused-ring (bicyclic) bond motifs is 1. The van der Waals surface area contributed by atoms with Crippen LogP contribution < -0.4 is 10.1 Å². The third kappa shape index (κ3) is 5.84. The summed E-state index contributed by atoms with van der Waals surface area (Å²) in [5.74, 6) is 1.96. The molecule has 37 heavy (non-hydrogen) atoms. The van der Waals surface area contributed by atoms with E-state index < -0.39 is 17.6 Å². The highest BCUT2D eigenvalue weighted by atomic mass is 19.4. The van der Waals surface area contributed by atoms with Crippen molar-refractivity contribution in [3.8, 4) is 5.75 Å². The fourth-order valence-corrected chi connectivity index (χ4v) is 6.39. The number of rotatable bonds is 8. The molecule has 198 valence electrons. The van der Waals surface area contributed by atoms with Gasteiger partial charge in [-0.05, 0) is 79.3 Å². The van der Waals surface area contributed by atoms with Gasteiger partial charge in [0.25, 0.3) is 0 Å². The molecule has 1 heterocycles. The minimum atomic E-state index is -4.47. The first kappa shape index (κ1) is 25.8. The van der Waals surface area contributed by atoms with Crippen molar-refractivity contribution in [2.75, 3.05) is 25.5 Å². The van der Waals surface area contributed by atoms with Crippen molar-refractivity contribution in [3.63, 3.8) is 0 Å². The highest BCUT2D eigenvalue weighted by molar-refractivity contribution is 5.94. The first-order valence-corrected chi connectivity index (χ1v) is 13.1. The van der Waals surface area contributed by atoms with Gasteiger partial charge >= 0.3 is 6.18 Å². The van der Waals surface area contributed by atoms with Crippen LogP contribution in [0, 0.1) is 17.8 Å². The van der Waals surface area contributed by atoms with E-state index in [4.69, 9.17) is 4.74 Å². The number of Topliss-reactive ketones (excluding diaryl/α,β-unsaturated/α-hetero) is 1. The van der Waals surface area contributed by atoms with Gasteiger partial charge in [-0.1, -0.05) is 18.2 Å². The lowest BCUT2D eigenvalue weighted by molar-refractivity contribution is -0.137. The maximum atomic E-state index is 12.9. The molecule has 1 unspecified atom stereocenters. The quantitative estimate of drug-likeness (QED) is 0.476. The number of ether oxygens (including phenoxy) is 1. The topological polar surface area (TPSA) is 58.6 Å². The number of benzene rings is 2. The van der Waals surface area contributed by atoms with Gasteiger partial charge < -0.3 is 10.1 Å². The van der Waals surface area contributed by atoms with Crippen LogP contribution in [0.2, 0.25) is 0 Å². The second-order valence-corrected chi connectivity index (χ2v) is 10.7. The molecule has 2 aliphatic carbocycles. The summed E-state index contributed by atoms with van der Waals surface area (Å²) < 4.78 is 43.8. The Kier molecular flexibility index (Phi) is 7.30. The van der Waals surface area contributed by atoms with Crippen LogP contribution in [0.4, 0.5) is 18.9 Å². The molecule has 0 aromatic heterocycles. The van der Waals surface area contributed by atoms with E-state index in [-0.39, 0.29) is 30.2 Å². The number of piperidine rings is 1. The Morgan fingerprint density at radius 1 is 0.973 bits per heavy atom.